The summed E-state index contributed by atoms with van der Waals surface area (Å²) in [6.45, 7) is 3.91. The Labute approximate surface area is 144 Å². The smallest absolute Gasteiger partial charge is 0.251 e. The summed E-state index contributed by atoms with van der Waals surface area (Å²) >= 11 is 0. The summed E-state index contributed by atoms with van der Waals surface area (Å²) in [6, 6.07) is 7.02. The Bertz CT molecular complexity index is 930. The van der Waals surface area contributed by atoms with E-state index in [4.69, 9.17) is 5.73 Å². The SMILES string of the molecule is CCC(NC(=O)c1ccc(C)cc1)c1ncc2c(C(N)=O)c[nH]c2n1. The van der Waals surface area contributed by atoms with Gasteiger partial charge >= 0.3 is 0 Å². The van der Waals surface area contributed by atoms with Crippen molar-refractivity contribution in [1.82, 2.24) is 20.3 Å². The molecule has 1 aromatic carbocycles. The average Bonchev–Trinajstić information content (AvgIpc) is 3.03. The first-order chi connectivity index (χ1) is 12.0. The van der Waals surface area contributed by atoms with Gasteiger partial charge in [0.1, 0.15) is 5.65 Å². The van der Waals surface area contributed by atoms with Crippen molar-refractivity contribution in [3.63, 3.8) is 0 Å². The fourth-order valence-corrected chi connectivity index (χ4v) is 2.59. The minimum atomic E-state index is -0.540. The second-order valence-corrected chi connectivity index (χ2v) is 5.86. The van der Waals surface area contributed by atoms with Crippen LogP contribution in [0.1, 0.15) is 51.5 Å². The van der Waals surface area contributed by atoms with Crippen LogP contribution in [0.2, 0.25) is 0 Å². The van der Waals surface area contributed by atoms with Crippen molar-refractivity contribution in [2.24, 2.45) is 5.73 Å². The molecule has 4 N–H and O–H groups in total. The highest BCUT2D eigenvalue weighted by atomic mass is 16.2. The van der Waals surface area contributed by atoms with E-state index in [-0.39, 0.29) is 11.9 Å². The third-order valence-electron chi connectivity index (χ3n) is 4.06. The lowest BCUT2D eigenvalue weighted by Crippen LogP contribution is -2.29. The van der Waals surface area contributed by atoms with E-state index >= 15 is 0 Å². The number of aromatic amines is 1. The van der Waals surface area contributed by atoms with Gasteiger partial charge in [0.25, 0.3) is 11.8 Å². The van der Waals surface area contributed by atoms with Crippen LogP contribution < -0.4 is 11.1 Å². The molecule has 0 aliphatic rings. The average molecular weight is 337 g/mol. The molecular weight excluding hydrogens is 318 g/mol. The molecule has 2 heterocycles. The molecule has 0 bridgehead atoms. The molecule has 0 spiro atoms. The molecule has 7 heteroatoms. The Morgan fingerprint density at radius 3 is 2.64 bits per heavy atom. The topological polar surface area (TPSA) is 114 Å². The Balaban J connectivity index is 1.85. The molecule has 0 fully saturated rings. The van der Waals surface area contributed by atoms with Gasteiger partial charge in [-0.05, 0) is 25.5 Å². The molecule has 2 aromatic heterocycles. The Kier molecular flexibility index (Phi) is 4.47. The van der Waals surface area contributed by atoms with Gasteiger partial charge in [0.15, 0.2) is 5.82 Å². The van der Waals surface area contributed by atoms with Gasteiger partial charge in [0, 0.05) is 23.3 Å². The molecular formula is C18H19N5O2. The van der Waals surface area contributed by atoms with E-state index in [9.17, 15) is 9.59 Å². The molecule has 0 aliphatic heterocycles. The maximum atomic E-state index is 12.4. The number of aromatic nitrogens is 3. The number of fused-ring (bicyclic) bond motifs is 1. The summed E-state index contributed by atoms with van der Waals surface area (Å²) < 4.78 is 0. The number of carbonyl (C=O) groups excluding carboxylic acids is 2. The number of benzene rings is 1. The summed E-state index contributed by atoms with van der Waals surface area (Å²) in [6.07, 6.45) is 3.69. The second kappa shape index (κ2) is 6.72. The molecule has 1 atom stereocenters. The molecule has 1 unspecified atom stereocenters. The van der Waals surface area contributed by atoms with Crippen molar-refractivity contribution in [1.29, 1.82) is 0 Å². The zero-order valence-electron chi connectivity index (χ0n) is 14.0. The number of hydrogen-bond acceptors (Lipinski definition) is 4. The lowest BCUT2D eigenvalue weighted by molar-refractivity contribution is 0.0933. The van der Waals surface area contributed by atoms with Gasteiger partial charge in [-0.2, -0.15) is 0 Å². The Hall–Kier alpha value is -3.22. The van der Waals surface area contributed by atoms with E-state index < -0.39 is 5.91 Å². The lowest BCUT2D eigenvalue weighted by atomic mass is 10.1. The van der Waals surface area contributed by atoms with Crippen molar-refractivity contribution in [3.05, 3.63) is 59.2 Å². The monoisotopic (exact) mass is 337 g/mol. The molecule has 3 aromatic rings. The van der Waals surface area contributed by atoms with Crippen LogP contribution in [0.5, 0.6) is 0 Å². The molecule has 128 valence electrons. The zero-order chi connectivity index (χ0) is 18.0. The zero-order valence-corrected chi connectivity index (χ0v) is 14.0. The molecule has 0 saturated heterocycles. The summed E-state index contributed by atoms with van der Waals surface area (Å²) in [5.74, 6) is -0.240. The Morgan fingerprint density at radius 1 is 1.28 bits per heavy atom. The number of nitrogens with zero attached hydrogens (tertiary/aromatic N) is 2. The number of rotatable bonds is 5. The van der Waals surface area contributed by atoms with Crippen LogP contribution in [-0.4, -0.2) is 26.8 Å². The number of primary amides is 1. The predicted molar refractivity (Wildman–Crippen MR) is 94.1 cm³/mol. The van der Waals surface area contributed by atoms with Crippen molar-refractivity contribution in [2.45, 2.75) is 26.3 Å². The van der Waals surface area contributed by atoms with Crippen molar-refractivity contribution >= 4 is 22.8 Å². The fourth-order valence-electron chi connectivity index (χ4n) is 2.59. The molecule has 0 radical (unpaired) electrons. The number of H-pyrrole nitrogens is 1. The van der Waals surface area contributed by atoms with E-state index in [1.807, 2.05) is 26.0 Å². The van der Waals surface area contributed by atoms with E-state index in [1.54, 1.807) is 18.3 Å². The number of hydrogen-bond donors (Lipinski definition) is 3. The molecule has 25 heavy (non-hydrogen) atoms. The van der Waals surface area contributed by atoms with E-state index in [2.05, 4.69) is 20.3 Å². The lowest BCUT2D eigenvalue weighted by Gasteiger charge is -2.15. The highest BCUT2D eigenvalue weighted by Gasteiger charge is 2.18. The summed E-state index contributed by atoms with van der Waals surface area (Å²) in [4.78, 5) is 35.4. The quantitative estimate of drug-likeness (QED) is 0.662. The number of aryl methyl sites for hydroxylation is 1. The van der Waals surface area contributed by atoms with Gasteiger partial charge in [0.2, 0.25) is 0 Å². The van der Waals surface area contributed by atoms with E-state index in [0.717, 1.165) is 5.56 Å². The molecule has 0 saturated carbocycles. The van der Waals surface area contributed by atoms with Crippen LogP contribution >= 0.6 is 0 Å². The molecule has 3 rings (SSSR count). The van der Waals surface area contributed by atoms with Crippen LogP contribution in [0.25, 0.3) is 11.0 Å². The fraction of sp³-hybridized carbons (Fsp3) is 0.222. The Morgan fingerprint density at radius 2 is 2.00 bits per heavy atom. The number of nitrogens with one attached hydrogen (secondary N) is 2. The first-order valence-electron chi connectivity index (χ1n) is 8.01. The normalized spacial score (nSPS) is 12.1. The van der Waals surface area contributed by atoms with Gasteiger partial charge in [0.05, 0.1) is 11.6 Å². The van der Waals surface area contributed by atoms with Crippen molar-refractivity contribution in [3.8, 4) is 0 Å². The van der Waals surface area contributed by atoms with E-state index in [1.165, 1.54) is 6.20 Å². The van der Waals surface area contributed by atoms with Gasteiger partial charge in [-0.3, -0.25) is 9.59 Å². The second-order valence-electron chi connectivity index (χ2n) is 5.86. The first kappa shape index (κ1) is 16.6. The number of nitrogens with two attached hydrogens (primary N) is 1. The van der Waals surface area contributed by atoms with Gasteiger partial charge < -0.3 is 16.0 Å². The van der Waals surface area contributed by atoms with Crippen LogP contribution in [0, 0.1) is 6.92 Å². The van der Waals surface area contributed by atoms with Crippen LogP contribution in [0.15, 0.2) is 36.7 Å². The predicted octanol–water partition coefficient (Wildman–Crippen LogP) is 2.25. The summed E-state index contributed by atoms with van der Waals surface area (Å²) in [5, 5.41) is 3.51. The van der Waals surface area contributed by atoms with Crippen LogP contribution in [-0.2, 0) is 0 Å². The maximum Gasteiger partial charge on any atom is 0.251 e. The minimum Gasteiger partial charge on any atom is -0.366 e. The number of carbonyl (C=O) groups is 2. The molecule has 2 amide bonds. The molecule has 7 nitrogen and oxygen atoms in total. The summed E-state index contributed by atoms with van der Waals surface area (Å²) in [7, 11) is 0. The van der Waals surface area contributed by atoms with E-state index in [0.29, 0.717) is 34.4 Å². The third kappa shape index (κ3) is 3.35. The van der Waals surface area contributed by atoms with Gasteiger partial charge in [-0.15, -0.1) is 0 Å². The van der Waals surface area contributed by atoms with Crippen molar-refractivity contribution in [2.75, 3.05) is 0 Å². The standard InChI is InChI=1S/C18H19N5O2/c1-3-14(22-18(25)11-6-4-10(2)5-7-11)17-21-9-13-12(15(19)24)8-20-16(13)23-17/h4-9,14H,3H2,1-2H3,(H2,19,24)(H,22,25)(H,20,21,23). The summed E-state index contributed by atoms with van der Waals surface area (Å²) in [5.41, 5.74) is 7.86. The van der Waals surface area contributed by atoms with Crippen LogP contribution in [0.3, 0.4) is 0 Å². The van der Waals surface area contributed by atoms with Gasteiger partial charge in [-0.1, -0.05) is 24.6 Å². The highest BCUT2D eigenvalue weighted by molar-refractivity contribution is 6.04. The number of amides is 2. The minimum absolute atomic E-state index is 0.181. The largest absolute Gasteiger partial charge is 0.366 e. The first-order valence-corrected chi connectivity index (χ1v) is 8.01. The van der Waals surface area contributed by atoms with Crippen molar-refractivity contribution < 1.29 is 9.59 Å². The van der Waals surface area contributed by atoms with Crippen LogP contribution in [0.4, 0.5) is 0 Å². The third-order valence-corrected chi connectivity index (χ3v) is 4.06. The maximum absolute atomic E-state index is 12.4. The highest BCUT2D eigenvalue weighted by Crippen LogP contribution is 2.19. The van der Waals surface area contributed by atoms with Gasteiger partial charge in [-0.25, -0.2) is 9.97 Å². The molecule has 0 aliphatic carbocycles.